The third kappa shape index (κ3) is 7.33. The van der Waals surface area contributed by atoms with E-state index in [-0.39, 0.29) is 5.91 Å². The average molecular weight is 391 g/mol. The third-order valence-corrected chi connectivity index (χ3v) is 4.97. The summed E-state index contributed by atoms with van der Waals surface area (Å²) in [5.74, 6) is 0.0444. The second-order valence-corrected chi connectivity index (χ2v) is 7.36. The fourth-order valence-corrected chi connectivity index (χ4v) is 3.37. The van der Waals surface area contributed by atoms with Crippen LogP contribution in [0.15, 0.2) is 72.3 Å². The molecule has 3 rings (SSSR count). The highest BCUT2D eigenvalue weighted by Gasteiger charge is 2.15. The summed E-state index contributed by atoms with van der Waals surface area (Å²) in [5, 5.41) is 0. The van der Waals surface area contributed by atoms with Gasteiger partial charge in [-0.1, -0.05) is 72.3 Å². The van der Waals surface area contributed by atoms with E-state index >= 15 is 0 Å². The fraction of sp³-hybridized carbons (Fsp3) is 0.320. The molecular weight excluding hydrogens is 360 g/mol. The molecule has 0 aromatic heterocycles. The Balaban J connectivity index is 1.66. The maximum Gasteiger partial charge on any atom is 0.246 e. The number of carbonyl (C=O) groups excluding carboxylic acids is 1. The van der Waals surface area contributed by atoms with Crippen LogP contribution in [0.4, 0.5) is 0 Å². The Morgan fingerprint density at radius 2 is 1.62 bits per heavy atom. The summed E-state index contributed by atoms with van der Waals surface area (Å²) in [6, 6.07) is 20.2. The van der Waals surface area contributed by atoms with Crippen LogP contribution in [0.1, 0.15) is 18.1 Å². The highest BCUT2D eigenvalue weighted by Crippen LogP contribution is 2.10. The molecular formula is C25H30N2O2. The number of nitrogens with zero attached hydrogens (tertiary/aromatic N) is 2. The molecule has 0 radical (unpaired) electrons. The van der Waals surface area contributed by atoms with E-state index in [0.717, 1.165) is 44.0 Å². The van der Waals surface area contributed by atoms with Gasteiger partial charge in [-0.25, -0.2) is 0 Å². The van der Waals surface area contributed by atoms with E-state index in [1.165, 1.54) is 5.57 Å². The number of hydrogen-bond acceptors (Lipinski definition) is 3. The van der Waals surface area contributed by atoms with Crippen LogP contribution in [0.25, 0.3) is 12.2 Å². The summed E-state index contributed by atoms with van der Waals surface area (Å²) in [5.41, 5.74) is 3.36. The summed E-state index contributed by atoms with van der Waals surface area (Å²) in [4.78, 5) is 17.2. The number of amides is 1. The van der Waals surface area contributed by atoms with Gasteiger partial charge in [-0.2, -0.15) is 0 Å². The molecule has 1 aliphatic rings. The number of carbonyl (C=O) groups is 1. The molecule has 2 aromatic carbocycles. The maximum absolute atomic E-state index is 12.9. The lowest BCUT2D eigenvalue weighted by Gasteiger charge is -2.30. The quantitative estimate of drug-likeness (QED) is 0.640. The van der Waals surface area contributed by atoms with E-state index in [1.54, 1.807) is 6.08 Å². The molecule has 29 heavy (non-hydrogen) atoms. The lowest BCUT2D eigenvalue weighted by molar-refractivity contribution is -0.125. The fourth-order valence-electron chi connectivity index (χ4n) is 3.37. The molecule has 0 bridgehead atoms. The van der Waals surface area contributed by atoms with Crippen molar-refractivity contribution < 1.29 is 9.53 Å². The predicted octanol–water partition coefficient (Wildman–Crippen LogP) is 3.96. The average Bonchev–Trinajstić information content (AvgIpc) is 2.77. The smallest absolute Gasteiger partial charge is 0.246 e. The van der Waals surface area contributed by atoms with E-state index in [4.69, 9.17) is 4.74 Å². The number of benzene rings is 2. The predicted molar refractivity (Wildman–Crippen MR) is 119 cm³/mol. The van der Waals surface area contributed by atoms with Gasteiger partial charge in [0.15, 0.2) is 0 Å². The van der Waals surface area contributed by atoms with Gasteiger partial charge in [0.05, 0.1) is 13.2 Å². The van der Waals surface area contributed by atoms with Crippen molar-refractivity contribution in [1.29, 1.82) is 0 Å². The first kappa shape index (κ1) is 21.0. The van der Waals surface area contributed by atoms with E-state index in [2.05, 4.69) is 30.0 Å². The first-order chi connectivity index (χ1) is 14.2. The standard InChI is InChI=1S/C25H30N2O2/c1-22(20-24-10-6-3-7-11-24)21-27(15-14-26-16-18-29-19-17-26)25(28)13-12-23-8-4-2-5-9-23/h2-13,20H,14-19,21H2,1H3/b13-12+,22-20+. The third-order valence-electron chi connectivity index (χ3n) is 4.97. The van der Waals surface area contributed by atoms with Gasteiger partial charge >= 0.3 is 0 Å². The summed E-state index contributed by atoms with van der Waals surface area (Å²) in [6.07, 6.45) is 5.72. The van der Waals surface area contributed by atoms with E-state index in [1.807, 2.05) is 59.5 Å². The Labute approximate surface area is 174 Å². The molecule has 4 nitrogen and oxygen atoms in total. The maximum atomic E-state index is 12.9. The van der Waals surface area contributed by atoms with E-state index in [0.29, 0.717) is 13.1 Å². The first-order valence-corrected chi connectivity index (χ1v) is 10.2. The molecule has 0 unspecified atom stereocenters. The Hall–Kier alpha value is -2.69. The number of hydrogen-bond donors (Lipinski definition) is 0. The zero-order valence-corrected chi connectivity index (χ0v) is 17.2. The second-order valence-electron chi connectivity index (χ2n) is 7.36. The number of morpholine rings is 1. The van der Waals surface area contributed by atoms with Gasteiger partial charge in [0.1, 0.15) is 0 Å². The van der Waals surface area contributed by atoms with Crippen LogP contribution in [0.2, 0.25) is 0 Å². The van der Waals surface area contributed by atoms with Crippen molar-refractivity contribution in [2.45, 2.75) is 6.92 Å². The summed E-state index contributed by atoms with van der Waals surface area (Å²) in [7, 11) is 0. The lowest BCUT2D eigenvalue weighted by atomic mass is 10.1. The largest absolute Gasteiger partial charge is 0.379 e. The van der Waals surface area contributed by atoms with Crippen LogP contribution in [-0.4, -0.2) is 61.6 Å². The molecule has 0 saturated carbocycles. The van der Waals surface area contributed by atoms with Gasteiger partial charge in [0.25, 0.3) is 0 Å². The molecule has 4 heteroatoms. The van der Waals surface area contributed by atoms with Crippen LogP contribution in [-0.2, 0) is 9.53 Å². The summed E-state index contributed by atoms with van der Waals surface area (Å²) in [6.45, 7) is 7.69. The summed E-state index contributed by atoms with van der Waals surface area (Å²) >= 11 is 0. The van der Waals surface area contributed by atoms with Gasteiger partial charge in [-0.3, -0.25) is 9.69 Å². The van der Waals surface area contributed by atoms with Crippen LogP contribution in [0.3, 0.4) is 0 Å². The lowest BCUT2D eigenvalue weighted by Crippen LogP contribution is -2.43. The highest BCUT2D eigenvalue weighted by molar-refractivity contribution is 5.92. The molecule has 0 atom stereocenters. The van der Waals surface area contributed by atoms with Crippen molar-refractivity contribution >= 4 is 18.1 Å². The molecule has 2 aromatic rings. The van der Waals surface area contributed by atoms with Gasteiger partial charge in [0.2, 0.25) is 5.91 Å². The Bertz CT molecular complexity index is 809. The minimum atomic E-state index is 0.0444. The van der Waals surface area contributed by atoms with Crippen LogP contribution < -0.4 is 0 Å². The molecule has 0 spiro atoms. The zero-order chi connectivity index (χ0) is 20.3. The molecule has 1 heterocycles. The number of rotatable bonds is 8. The van der Waals surface area contributed by atoms with Crippen LogP contribution in [0, 0.1) is 0 Å². The van der Waals surface area contributed by atoms with E-state index in [9.17, 15) is 4.79 Å². The second kappa shape index (κ2) is 11.3. The zero-order valence-electron chi connectivity index (χ0n) is 17.2. The molecule has 1 saturated heterocycles. The highest BCUT2D eigenvalue weighted by atomic mass is 16.5. The SMILES string of the molecule is C/C(=C\c1ccccc1)CN(CCN1CCOCC1)C(=O)/C=C/c1ccccc1. The van der Waals surface area contributed by atoms with Crippen molar-refractivity contribution in [1.82, 2.24) is 9.80 Å². The monoisotopic (exact) mass is 390 g/mol. The Morgan fingerprint density at radius 3 is 2.28 bits per heavy atom. The van der Waals surface area contributed by atoms with Crippen molar-refractivity contribution in [2.24, 2.45) is 0 Å². The van der Waals surface area contributed by atoms with Crippen molar-refractivity contribution in [3.8, 4) is 0 Å². The first-order valence-electron chi connectivity index (χ1n) is 10.2. The van der Waals surface area contributed by atoms with Crippen molar-refractivity contribution in [3.63, 3.8) is 0 Å². The van der Waals surface area contributed by atoms with Crippen molar-refractivity contribution in [2.75, 3.05) is 45.9 Å². The van der Waals surface area contributed by atoms with Crippen molar-refractivity contribution in [3.05, 3.63) is 83.4 Å². The minimum absolute atomic E-state index is 0.0444. The van der Waals surface area contributed by atoms with Gasteiger partial charge < -0.3 is 9.64 Å². The molecule has 1 amide bonds. The minimum Gasteiger partial charge on any atom is -0.379 e. The van der Waals surface area contributed by atoms with Gasteiger partial charge in [0, 0.05) is 38.8 Å². The van der Waals surface area contributed by atoms with Crippen LogP contribution >= 0.6 is 0 Å². The van der Waals surface area contributed by atoms with Gasteiger partial charge in [-0.05, 0) is 24.1 Å². The topological polar surface area (TPSA) is 32.8 Å². The Morgan fingerprint density at radius 1 is 1.00 bits per heavy atom. The molecule has 152 valence electrons. The van der Waals surface area contributed by atoms with Gasteiger partial charge in [-0.15, -0.1) is 0 Å². The summed E-state index contributed by atoms with van der Waals surface area (Å²) < 4.78 is 5.43. The molecule has 0 N–H and O–H groups in total. The Kier molecular flexibility index (Phi) is 8.23. The van der Waals surface area contributed by atoms with Crippen LogP contribution in [0.5, 0.6) is 0 Å². The normalized spacial score (nSPS) is 15.6. The number of ether oxygens (including phenoxy) is 1. The van der Waals surface area contributed by atoms with E-state index < -0.39 is 0 Å². The molecule has 1 fully saturated rings. The molecule has 1 aliphatic heterocycles. The molecule has 0 aliphatic carbocycles.